The Morgan fingerprint density at radius 3 is 2.44 bits per heavy atom. The molecular weight excluding hydrogens is 190 g/mol. The van der Waals surface area contributed by atoms with Crippen LogP contribution in [0, 0.1) is 17.7 Å². The van der Waals surface area contributed by atoms with E-state index in [-0.39, 0.29) is 0 Å². The van der Waals surface area contributed by atoms with Crippen LogP contribution in [0.5, 0.6) is 0 Å². The monoisotopic (exact) mass is 191 g/mol. The first-order valence-electron chi connectivity index (χ1n) is 2.22. The van der Waals surface area contributed by atoms with Gasteiger partial charge in [-0.25, -0.2) is 8.78 Å². The molecule has 1 aromatic rings. The molecule has 0 aliphatic heterocycles. The average molecular weight is 192 g/mol. The van der Waals surface area contributed by atoms with Crippen LogP contribution in [0.2, 0.25) is 0 Å². The topological polar surface area (TPSA) is 0 Å². The van der Waals surface area contributed by atoms with Gasteiger partial charge in [0, 0.05) is 16.6 Å². The van der Waals surface area contributed by atoms with Crippen LogP contribution in [0.3, 0.4) is 0 Å². The molecular formula is C6H2BrF2. The van der Waals surface area contributed by atoms with Crippen molar-refractivity contribution in [2.45, 2.75) is 0 Å². The molecule has 0 amide bonds. The molecule has 0 spiro atoms. The lowest BCUT2D eigenvalue weighted by Gasteiger charge is -1.88. The Balaban J connectivity index is 3.17. The van der Waals surface area contributed by atoms with Gasteiger partial charge in [0.15, 0.2) is 0 Å². The zero-order valence-electron chi connectivity index (χ0n) is 4.29. The molecule has 0 unspecified atom stereocenters. The molecule has 0 N–H and O–H groups in total. The fourth-order valence-corrected chi connectivity index (χ4v) is 0.878. The SMILES string of the molecule is Fc1[c]c(Br)cc(F)c1. The van der Waals surface area contributed by atoms with Crippen LogP contribution in [0.25, 0.3) is 0 Å². The van der Waals surface area contributed by atoms with E-state index in [1.165, 1.54) is 0 Å². The Labute approximate surface area is 59.6 Å². The average Bonchev–Trinajstić information content (AvgIpc) is 1.59. The molecule has 1 aromatic carbocycles. The minimum absolute atomic E-state index is 0.292. The van der Waals surface area contributed by atoms with Gasteiger partial charge in [0.25, 0.3) is 0 Å². The maximum atomic E-state index is 12.1. The van der Waals surface area contributed by atoms with Gasteiger partial charge in [-0.05, 0) is 22.0 Å². The van der Waals surface area contributed by atoms with Gasteiger partial charge in [-0.3, -0.25) is 0 Å². The summed E-state index contributed by atoms with van der Waals surface area (Å²) in [6.07, 6.45) is 0. The molecule has 0 heterocycles. The van der Waals surface area contributed by atoms with E-state index in [1.807, 2.05) is 0 Å². The third-order valence-electron chi connectivity index (χ3n) is 0.768. The van der Waals surface area contributed by atoms with Crippen LogP contribution in [0.4, 0.5) is 8.78 Å². The number of rotatable bonds is 0. The van der Waals surface area contributed by atoms with Crippen molar-refractivity contribution in [1.82, 2.24) is 0 Å². The second-order valence-electron chi connectivity index (χ2n) is 1.49. The first-order chi connectivity index (χ1) is 4.18. The third-order valence-corrected chi connectivity index (χ3v) is 1.20. The standard InChI is InChI=1S/C6H2BrF2/c7-4-1-5(8)3-6(9)2-4/h1,3H. The van der Waals surface area contributed by atoms with E-state index in [9.17, 15) is 8.78 Å². The lowest BCUT2D eigenvalue weighted by molar-refractivity contribution is 0.580. The van der Waals surface area contributed by atoms with Gasteiger partial charge in [0.05, 0.1) is 0 Å². The number of hydrogen-bond acceptors (Lipinski definition) is 0. The van der Waals surface area contributed by atoms with Crippen molar-refractivity contribution in [2.75, 3.05) is 0 Å². The van der Waals surface area contributed by atoms with Crippen molar-refractivity contribution >= 4 is 15.9 Å². The number of halogens is 3. The zero-order valence-corrected chi connectivity index (χ0v) is 5.87. The van der Waals surface area contributed by atoms with E-state index < -0.39 is 11.6 Å². The van der Waals surface area contributed by atoms with E-state index in [0.29, 0.717) is 4.47 Å². The molecule has 1 radical (unpaired) electrons. The summed E-state index contributed by atoms with van der Waals surface area (Å²) in [6.45, 7) is 0. The summed E-state index contributed by atoms with van der Waals surface area (Å²) in [5.41, 5.74) is 0. The Morgan fingerprint density at radius 1 is 1.33 bits per heavy atom. The fraction of sp³-hybridized carbons (Fsp3) is 0. The molecule has 0 bridgehead atoms. The molecule has 0 nitrogen and oxygen atoms in total. The van der Waals surface area contributed by atoms with Crippen molar-refractivity contribution in [1.29, 1.82) is 0 Å². The van der Waals surface area contributed by atoms with Crippen LogP contribution in [-0.4, -0.2) is 0 Å². The van der Waals surface area contributed by atoms with Crippen molar-refractivity contribution < 1.29 is 8.78 Å². The smallest absolute Gasteiger partial charge is 0.135 e. The predicted molar refractivity (Wildman–Crippen MR) is 32.9 cm³/mol. The first kappa shape index (κ1) is 6.68. The van der Waals surface area contributed by atoms with E-state index >= 15 is 0 Å². The maximum absolute atomic E-state index is 12.1. The van der Waals surface area contributed by atoms with Crippen LogP contribution in [0.15, 0.2) is 16.6 Å². The number of hydrogen-bond donors (Lipinski definition) is 0. The van der Waals surface area contributed by atoms with Crippen molar-refractivity contribution in [3.63, 3.8) is 0 Å². The highest BCUT2D eigenvalue weighted by atomic mass is 79.9. The molecule has 0 saturated heterocycles. The van der Waals surface area contributed by atoms with Crippen LogP contribution in [-0.2, 0) is 0 Å². The molecule has 0 aliphatic carbocycles. The fourth-order valence-electron chi connectivity index (χ4n) is 0.470. The minimum Gasteiger partial charge on any atom is -0.207 e. The largest absolute Gasteiger partial charge is 0.207 e. The van der Waals surface area contributed by atoms with Gasteiger partial charge < -0.3 is 0 Å². The Hall–Kier alpha value is -0.440. The van der Waals surface area contributed by atoms with Gasteiger partial charge in [0.2, 0.25) is 0 Å². The lowest BCUT2D eigenvalue weighted by Crippen LogP contribution is -1.77. The van der Waals surface area contributed by atoms with Crippen molar-refractivity contribution in [2.24, 2.45) is 0 Å². The lowest BCUT2D eigenvalue weighted by atomic mass is 10.3. The molecule has 1 rings (SSSR count). The van der Waals surface area contributed by atoms with Crippen LogP contribution in [0.1, 0.15) is 0 Å². The molecule has 3 heteroatoms. The quantitative estimate of drug-likeness (QED) is 0.592. The predicted octanol–water partition coefficient (Wildman–Crippen LogP) is 2.53. The molecule has 0 atom stereocenters. The first-order valence-corrected chi connectivity index (χ1v) is 3.01. The summed E-state index contributed by atoms with van der Waals surface area (Å²) >= 11 is 2.88. The summed E-state index contributed by atoms with van der Waals surface area (Å²) in [6, 6.07) is 4.13. The second-order valence-corrected chi connectivity index (χ2v) is 2.35. The normalized spacial score (nSPS) is 9.67. The maximum Gasteiger partial charge on any atom is 0.135 e. The minimum atomic E-state index is -0.693. The molecule has 0 aliphatic rings. The van der Waals surface area contributed by atoms with Crippen molar-refractivity contribution in [3.05, 3.63) is 34.3 Å². The van der Waals surface area contributed by atoms with Crippen LogP contribution < -0.4 is 0 Å². The van der Waals surface area contributed by atoms with Gasteiger partial charge in [-0.1, -0.05) is 0 Å². The van der Waals surface area contributed by atoms with Crippen LogP contribution >= 0.6 is 15.9 Å². The van der Waals surface area contributed by atoms with Gasteiger partial charge in [0.1, 0.15) is 11.6 Å². The highest BCUT2D eigenvalue weighted by molar-refractivity contribution is 9.10. The summed E-state index contributed by atoms with van der Waals surface area (Å²) in [5, 5.41) is 0. The van der Waals surface area contributed by atoms with E-state index in [2.05, 4.69) is 22.0 Å². The molecule has 0 fully saturated rings. The Kier molecular flexibility index (Phi) is 1.81. The number of benzene rings is 1. The van der Waals surface area contributed by atoms with Gasteiger partial charge in [-0.15, -0.1) is 0 Å². The molecule has 47 valence electrons. The molecule has 9 heavy (non-hydrogen) atoms. The summed E-state index contributed by atoms with van der Waals surface area (Å²) in [7, 11) is 0. The Bertz CT molecular complexity index is 172. The molecule has 0 saturated carbocycles. The summed E-state index contributed by atoms with van der Waals surface area (Å²) in [5.74, 6) is -1.29. The van der Waals surface area contributed by atoms with Gasteiger partial charge in [-0.2, -0.15) is 0 Å². The highest BCUT2D eigenvalue weighted by Gasteiger charge is 1.96. The van der Waals surface area contributed by atoms with Gasteiger partial charge >= 0.3 is 0 Å². The molecule has 0 aromatic heterocycles. The van der Waals surface area contributed by atoms with E-state index in [4.69, 9.17) is 0 Å². The Morgan fingerprint density at radius 2 is 2.00 bits per heavy atom. The summed E-state index contributed by atoms with van der Waals surface area (Å²) < 4.78 is 24.5. The third kappa shape index (κ3) is 1.75. The second kappa shape index (κ2) is 2.43. The summed E-state index contributed by atoms with van der Waals surface area (Å²) in [4.78, 5) is 0. The highest BCUT2D eigenvalue weighted by Crippen LogP contribution is 2.11. The zero-order chi connectivity index (χ0) is 6.85. The van der Waals surface area contributed by atoms with E-state index in [1.54, 1.807) is 0 Å². The van der Waals surface area contributed by atoms with E-state index in [0.717, 1.165) is 12.1 Å². The van der Waals surface area contributed by atoms with Crippen molar-refractivity contribution in [3.8, 4) is 0 Å².